The number of ether oxygens (including phenoxy) is 1. The molecule has 3 aromatic rings. The van der Waals surface area contributed by atoms with Crippen LogP contribution >= 0.6 is 0 Å². The quantitative estimate of drug-likeness (QED) is 0.201. The minimum atomic E-state index is -0.856. The van der Waals surface area contributed by atoms with Crippen molar-refractivity contribution in [2.24, 2.45) is 11.0 Å². The number of unbranched alkanes of at least 4 members (excludes halogenated alkanes) is 1. The van der Waals surface area contributed by atoms with Gasteiger partial charge in [-0.2, -0.15) is 5.10 Å². The number of imide groups is 1. The van der Waals surface area contributed by atoms with Gasteiger partial charge < -0.3 is 4.74 Å². The van der Waals surface area contributed by atoms with Gasteiger partial charge in [0.05, 0.1) is 28.6 Å². The average molecular weight is 485 g/mol. The van der Waals surface area contributed by atoms with E-state index in [-0.39, 0.29) is 17.5 Å². The van der Waals surface area contributed by atoms with Crippen LogP contribution in [0.25, 0.3) is 0 Å². The third-order valence-corrected chi connectivity index (χ3v) is 6.31. The van der Waals surface area contributed by atoms with Gasteiger partial charge in [-0.1, -0.05) is 31.5 Å². The molecule has 182 valence electrons. The molecule has 1 fully saturated rings. The number of rotatable bonds is 8. The number of nitro benzene ring substituents is 1. The summed E-state index contributed by atoms with van der Waals surface area (Å²) in [5, 5.41) is 17.3. The Bertz CT molecular complexity index is 1320. The molecule has 36 heavy (non-hydrogen) atoms. The Morgan fingerprint density at radius 2 is 1.61 bits per heavy atom. The van der Waals surface area contributed by atoms with E-state index in [0.717, 1.165) is 12.8 Å². The van der Waals surface area contributed by atoms with Gasteiger partial charge in [0, 0.05) is 12.1 Å². The molecule has 5 rings (SSSR count). The average Bonchev–Trinajstić information content (AvgIpc) is 3.42. The van der Waals surface area contributed by atoms with E-state index in [0.29, 0.717) is 35.0 Å². The molecule has 3 aromatic carbocycles. The number of carbonyl (C=O) groups is 2. The first-order chi connectivity index (χ1) is 17.5. The summed E-state index contributed by atoms with van der Waals surface area (Å²) in [7, 11) is 0. The van der Waals surface area contributed by atoms with Crippen molar-refractivity contribution in [2.75, 3.05) is 16.5 Å². The number of para-hydroxylation sites is 1. The molecule has 0 bridgehead atoms. The number of hydrazone groups is 1. The number of amides is 2. The maximum Gasteiger partial charge on any atom is 0.269 e. The standard InChI is InChI=1S/C27H24N4O5/c1-2-3-17-36-22-15-13-19(14-16-22)29-26(32)23-24(18-9-11-21(12-10-18)31(34)35)28-30(25(23)27(29)33)20-7-5-4-6-8-20/h4-16,23,25H,2-3,17H2,1H3/t23-,25-/m1/s1. The third kappa shape index (κ3) is 4.08. The van der Waals surface area contributed by atoms with Gasteiger partial charge in [0.2, 0.25) is 5.91 Å². The van der Waals surface area contributed by atoms with Gasteiger partial charge in [0.1, 0.15) is 17.7 Å². The zero-order valence-electron chi connectivity index (χ0n) is 19.6. The maximum absolute atomic E-state index is 13.7. The second kappa shape index (κ2) is 9.61. The number of fused-ring (bicyclic) bond motifs is 1. The number of benzene rings is 3. The second-order valence-electron chi connectivity index (χ2n) is 8.60. The monoisotopic (exact) mass is 484 g/mol. The Labute approximate surface area is 207 Å². The van der Waals surface area contributed by atoms with Gasteiger partial charge >= 0.3 is 0 Å². The predicted octanol–water partition coefficient (Wildman–Crippen LogP) is 4.56. The number of nitrogens with zero attached hydrogens (tertiary/aromatic N) is 4. The first-order valence-electron chi connectivity index (χ1n) is 11.8. The SMILES string of the molecule is CCCCOc1ccc(N2C(=O)[C@@H]3C(c4ccc([N+](=O)[O-])cc4)=NN(c4ccccc4)[C@H]3C2=O)cc1. The highest BCUT2D eigenvalue weighted by Gasteiger charge is 2.57. The smallest absolute Gasteiger partial charge is 0.269 e. The first-order valence-corrected chi connectivity index (χ1v) is 11.8. The number of hydrogen-bond acceptors (Lipinski definition) is 7. The molecule has 2 atom stereocenters. The summed E-state index contributed by atoms with van der Waals surface area (Å²) in [4.78, 5) is 39.2. The fourth-order valence-electron chi connectivity index (χ4n) is 4.48. The van der Waals surface area contributed by atoms with Crippen molar-refractivity contribution in [1.82, 2.24) is 0 Å². The molecule has 2 amide bonds. The number of anilines is 2. The van der Waals surface area contributed by atoms with Crippen LogP contribution in [-0.2, 0) is 9.59 Å². The largest absolute Gasteiger partial charge is 0.494 e. The van der Waals surface area contributed by atoms with Crippen LogP contribution in [0.5, 0.6) is 5.75 Å². The first kappa shape index (κ1) is 23.2. The highest BCUT2D eigenvalue weighted by Crippen LogP contribution is 2.39. The highest BCUT2D eigenvalue weighted by atomic mass is 16.6. The molecule has 2 aliphatic rings. The Morgan fingerprint density at radius 1 is 0.917 bits per heavy atom. The second-order valence-corrected chi connectivity index (χ2v) is 8.60. The predicted molar refractivity (Wildman–Crippen MR) is 135 cm³/mol. The number of nitro groups is 1. The van der Waals surface area contributed by atoms with E-state index in [2.05, 4.69) is 12.0 Å². The Balaban J connectivity index is 1.50. The van der Waals surface area contributed by atoms with E-state index < -0.39 is 16.9 Å². The third-order valence-electron chi connectivity index (χ3n) is 6.31. The van der Waals surface area contributed by atoms with Crippen LogP contribution < -0.4 is 14.6 Å². The topological polar surface area (TPSA) is 105 Å². The zero-order valence-corrected chi connectivity index (χ0v) is 19.6. The van der Waals surface area contributed by atoms with Crippen LogP contribution in [-0.4, -0.2) is 35.1 Å². The maximum atomic E-state index is 13.7. The molecule has 0 aliphatic carbocycles. The van der Waals surface area contributed by atoms with Gasteiger partial charge in [-0.25, -0.2) is 4.90 Å². The van der Waals surface area contributed by atoms with E-state index in [1.807, 2.05) is 30.3 Å². The van der Waals surface area contributed by atoms with E-state index in [1.165, 1.54) is 17.0 Å². The van der Waals surface area contributed by atoms with Crippen molar-refractivity contribution in [1.29, 1.82) is 0 Å². The number of carbonyl (C=O) groups excluding carboxylic acids is 2. The molecule has 0 spiro atoms. The summed E-state index contributed by atoms with van der Waals surface area (Å²) in [5.74, 6) is -0.945. The lowest BCUT2D eigenvalue weighted by Gasteiger charge is -2.22. The lowest BCUT2D eigenvalue weighted by molar-refractivity contribution is -0.384. The molecule has 0 radical (unpaired) electrons. The van der Waals surface area contributed by atoms with Crippen LogP contribution in [0.2, 0.25) is 0 Å². The lowest BCUT2D eigenvalue weighted by atomic mass is 9.92. The summed E-state index contributed by atoms with van der Waals surface area (Å²) in [6.07, 6.45) is 1.96. The van der Waals surface area contributed by atoms with E-state index in [4.69, 9.17) is 4.74 Å². The molecular formula is C27H24N4O5. The molecule has 0 unspecified atom stereocenters. The van der Waals surface area contributed by atoms with Crippen LogP contribution in [0.4, 0.5) is 17.1 Å². The molecule has 2 heterocycles. The fraction of sp³-hybridized carbons (Fsp3) is 0.222. The van der Waals surface area contributed by atoms with Crippen LogP contribution in [0.15, 0.2) is 84.0 Å². The van der Waals surface area contributed by atoms with Crippen LogP contribution in [0, 0.1) is 16.0 Å². The van der Waals surface area contributed by atoms with Crippen molar-refractivity contribution in [2.45, 2.75) is 25.8 Å². The van der Waals surface area contributed by atoms with E-state index in [1.54, 1.807) is 41.4 Å². The highest BCUT2D eigenvalue weighted by molar-refractivity contribution is 6.34. The molecule has 0 N–H and O–H groups in total. The van der Waals surface area contributed by atoms with Crippen molar-refractivity contribution in [3.05, 3.63) is 94.5 Å². The fourth-order valence-corrected chi connectivity index (χ4v) is 4.48. The minimum Gasteiger partial charge on any atom is -0.494 e. The molecular weight excluding hydrogens is 460 g/mol. The van der Waals surface area contributed by atoms with Gasteiger partial charge in [0.25, 0.3) is 11.6 Å². The van der Waals surface area contributed by atoms with Crippen molar-refractivity contribution in [3.63, 3.8) is 0 Å². The molecule has 9 nitrogen and oxygen atoms in total. The summed E-state index contributed by atoms with van der Waals surface area (Å²) in [6, 6.07) is 21.1. The Kier molecular flexibility index (Phi) is 6.20. The number of hydrogen-bond donors (Lipinski definition) is 0. The molecule has 0 saturated carbocycles. The summed E-state index contributed by atoms with van der Waals surface area (Å²) in [6.45, 7) is 2.68. The Hall–Kier alpha value is -4.53. The molecule has 0 aromatic heterocycles. The number of non-ortho nitro benzene ring substituents is 1. The lowest BCUT2D eigenvalue weighted by Crippen LogP contribution is -2.39. The van der Waals surface area contributed by atoms with Gasteiger partial charge in [-0.3, -0.25) is 24.7 Å². The van der Waals surface area contributed by atoms with Crippen molar-refractivity contribution in [3.8, 4) is 5.75 Å². The van der Waals surface area contributed by atoms with Crippen molar-refractivity contribution >= 4 is 34.6 Å². The summed E-state index contributed by atoms with van der Waals surface area (Å²) >= 11 is 0. The summed E-state index contributed by atoms with van der Waals surface area (Å²) in [5.41, 5.74) is 2.02. The van der Waals surface area contributed by atoms with Crippen molar-refractivity contribution < 1.29 is 19.2 Å². The van der Waals surface area contributed by atoms with Crippen LogP contribution in [0.1, 0.15) is 25.3 Å². The normalized spacial score (nSPS) is 18.9. The Morgan fingerprint density at radius 3 is 2.25 bits per heavy atom. The van der Waals surface area contributed by atoms with E-state index in [9.17, 15) is 19.7 Å². The van der Waals surface area contributed by atoms with E-state index >= 15 is 0 Å². The van der Waals surface area contributed by atoms with Gasteiger partial charge in [-0.05, 0) is 60.5 Å². The molecule has 9 heteroatoms. The van der Waals surface area contributed by atoms with Gasteiger partial charge in [0.15, 0.2) is 0 Å². The zero-order chi connectivity index (χ0) is 25.2. The summed E-state index contributed by atoms with van der Waals surface area (Å²) < 4.78 is 5.70. The molecule has 1 saturated heterocycles. The van der Waals surface area contributed by atoms with Gasteiger partial charge in [-0.15, -0.1) is 0 Å². The molecule has 2 aliphatic heterocycles. The minimum absolute atomic E-state index is 0.0643. The van der Waals surface area contributed by atoms with Crippen LogP contribution in [0.3, 0.4) is 0 Å².